The zero-order valence-corrected chi connectivity index (χ0v) is 11.7. The van der Waals surface area contributed by atoms with Crippen LogP contribution in [-0.2, 0) is 9.59 Å². The van der Waals surface area contributed by atoms with Gasteiger partial charge in [0.1, 0.15) is 0 Å². The quantitative estimate of drug-likeness (QED) is 0.786. The van der Waals surface area contributed by atoms with Crippen LogP contribution in [0, 0.1) is 0 Å². The molecule has 1 aromatic rings. The van der Waals surface area contributed by atoms with E-state index in [1.54, 1.807) is 36.0 Å². The van der Waals surface area contributed by atoms with Gasteiger partial charge in [-0.3, -0.25) is 4.79 Å². The second kappa shape index (κ2) is 7.63. The molecule has 0 radical (unpaired) electrons. The fourth-order valence-electron chi connectivity index (χ4n) is 1.33. The maximum atomic E-state index is 11.7. The highest BCUT2D eigenvalue weighted by molar-refractivity contribution is 8.00. The van der Waals surface area contributed by atoms with E-state index in [0.717, 1.165) is 11.6 Å². The molecule has 0 unspecified atom stereocenters. The second-order valence-corrected chi connectivity index (χ2v) is 5.77. The smallest absolute Gasteiger partial charge is 0.328 e. The van der Waals surface area contributed by atoms with Crippen molar-refractivity contribution in [3.05, 3.63) is 35.9 Å². The Morgan fingerprint density at radius 3 is 2.79 bits per heavy atom. The van der Waals surface area contributed by atoms with Crippen molar-refractivity contribution >= 4 is 35.4 Å². The first kappa shape index (κ1) is 15.3. The van der Waals surface area contributed by atoms with Gasteiger partial charge in [0, 0.05) is 11.8 Å². The lowest BCUT2D eigenvalue weighted by atomic mass is 10.2. The summed E-state index contributed by atoms with van der Waals surface area (Å²) in [4.78, 5) is 22.1. The monoisotopic (exact) mass is 279 g/mol. The molecule has 0 bridgehead atoms. The van der Waals surface area contributed by atoms with Crippen LogP contribution < -0.4 is 5.32 Å². The van der Waals surface area contributed by atoms with Crippen LogP contribution in [0.5, 0.6) is 0 Å². The number of anilines is 1. The molecule has 0 saturated carbocycles. The summed E-state index contributed by atoms with van der Waals surface area (Å²) >= 11 is 1.57. The molecule has 2 N–H and O–H groups in total. The Balaban J connectivity index is 2.61. The normalized spacial score (nSPS) is 10.9. The molecule has 0 aliphatic heterocycles. The average Bonchev–Trinajstić information content (AvgIpc) is 2.34. The van der Waals surface area contributed by atoms with Gasteiger partial charge < -0.3 is 10.4 Å². The third-order valence-corrected chi connectivity index (χ3v) is 3.23. The van der Waals surface area contributed by atoms with Gasteiger partial charge in [-0.05, 0) is 29.0 Å². The van der Waals surface area contributed by atoms with E-state index in [4.69, 9.17) is 5.11 Å². The molecule has 0 heterocycles. The fraction of sp³-hybridized carbons (Fsp3) is 0.286. The Kier molecular flexibility index (Phi) is 6.15. The fourth-order valence-corrected chi connectivity index (χ4v) is 1.88. The molecule has 4 nitrogen and oxygen atoms in total. The van der Waals surface area contributed by atoms with Crippen molar-refractivity contribution in [2.24, 2.45) is 0 Å². The lowest BCUT2D eigenvalue weighted by molar-refractivity contribution is -0.131. The summed E-state index contributed by atoms with van der Waals surface area (Å²) in [5.74, 6) is -0.645. The summed E-state index contributed by atoms with van der Waals surface area (Å²) in [5.41, 5.74) is 1.40. The third kappa shape index (κ3) is 6.67. The number of amides is 1. The van der Waals surface area contributed by atoms with Crippen molar-refractivity contribution in [3.8, 4) is 0 Å². The van der Waals surface area contributed by atoms with Gasteiger partial charge in [-0.25, -0.2) is 4.79 Å². The third-order valence-electron chi connectivity index (χ3n) is 2.14. The van der Waals surface area contributed by atoms with Crippen LogP contribution in [0.1, 0.15) is 19.4 Å². The van der Waals surface area contributed by atoms with Gasteiger partial charge in [0.15, 0.2) is 0 Å². The number of rotatable bonds is 6. The van der Waals surface area contributed by atoms with E-state index in [1.807, 2.05) is 13.8 Å². The van der Waals surface area contributed by atoms with Gasteiger partial charge in [0.25, 0.3) is 0 Å². The number of thioether (sulfide) groups is 1. The number of carboxylic acid groups (broad SMARTS) is 1. The number of hydrogen-bond donors (Lipinski definition) is 2. The minimum atomic E-state index is -0.997. The van der Waals surface area contributed by atoms with Gasteiger partial charge in [0.2, 0.25) is 5.91 Å². The van der Waals surface area contributed by atoms with Crippen LogP contribution in [0.2, 0.25) is 0 Å². The van der Waals surface area contributed by atoms with Crippen LogP contribution in [-0.4, -0.2) is 28.0 Å². The van der Waals surface area contributed by atoms with Crippen LogP contribution in [0.15, 0.2) is 30.3 Å². The van der Waals surface area contributed by atoms with Crippen molar-refractivity contribution in [2.75, 3.05) is 11.1 Å². The summed E-state index contributed by atoms with van der Waals surface area (Å²) in [6.07, 6.45) is 2.55. The number of hydrogen-bond acceptors (Lipinski definition) is 3. The van der Waals surface area contributed by atoms with Crippen LogP contribution in [0.4, 0.5) is 5.69 Å². The number of carbonyl (C=O) groups excluding carboxylic acids is 1. The summed E-state index contributed by atoms with van der Waals surface area (Å²) in [6, 6.07) is 7.05. The van der Waals surface area contributed by atoms with Gasteiger partial charge in [-0.2, -0.15) is 0 Å². The molecule has 1 rings (SSSR count). The highest BCUT2D eigenvalue weighted by Gasteiger charge is 2.04. The van der Waals surface area contributed by atoms with Gasteiger partial charge in [-0.15, -0.1) is 11.8 Å². The van der Waals surface area contributed by atoms with Crippen LogP contribution in [0.3, 0.4) is 0 Å². The van der Waals surface area contributed by atoms with E-state index in [0.29, 0.717) is 16.7 Å². The summed E-state index contributed by atoms with van der Waals surface area (Å²) < 4.78 is 0. The Morgan fingerprint density at radius 1 is 1.42 bits per heavy atom. The van der Waals surface area contributed by atoms with Crippen molar-refractivity contribution in [3.63, 3.8) is 0 Å². The molecular formula is C14H17NO3S. The molecule has 0 aromatic heterocycles. The molecule has 0 aliphatic carbocycles. The first-order valence-electron chi connectivity index (χ1n) is 5.90. The van der Waals surface area contributed by atoms with E-state index in [9.17, 15) is 9.59 Å². The average molecular weight is 279 g/mol. The molecule has 5 heteroatoms. The number of carbonyl (C=O) groups is 2. The number of aliphatic carboxylic acids is 1. The van der Waals surface area contributed by atoms with E-state index in [2.05, 4.69) is 5.32 Å². The molecule has 1 amide bonds. The van der Waals surface area contributed by atoms with Crippen molar-refractivity contribution in [1.82, 2.24) is 0 Å². The largest absolute Gasteiger partial charge is 0.478 e. The van der Waals surface area contributed by atoms with Gasteiger partial charge in [-0.1, -0.05) is 26.0 Å². The SMILES string of the molecule is CC(C)SCC(=O)Nc1cccc(/C=C/C(=O)O)c1. The van der Waals surface area contributed by atoms with E-state index < -0.39 is 5.97 Å². The van der Waals surface area contributed by atoms with Crippen molar-refractivity contribution in [2.45, 2.75) is 19.1 Å². The molecule has 19 heavy (non-hydrogen) atoms. The number of carboxylic acids is 1. The first-order chi connectivity index (χ1) is 8.97. The minimum Gasteiger partial charge on any atom is -0.478 e. The highest BCUT2D eigenvalue weighted by Crippen LogP contribution is 2.14. The number of benzene rings is 1. The Morgan fingerprint density at radius 2 is 2.16 bits per heavy atom. The molecular weight excluding hydrogens is 262 g/mol. The molecule has 0 saturated heterocycles. The molecule has 1 aromatic carbocycles. The van der Waals surface area contributed by atoms with E-state index in [-0.39, 0.29) is 5.91 Å². The van der Waals surface area contributed by atoms with Gasteiger partial charge in [0.05, 0.1) is 5.75 Å². The van der Waals surface area contributed by atoms with E-state index >= 15 is 0 Å². The lowest BCUT2D eigenvalue weighted by Gasteiger charge is -2.07. The van der Waals surface area contributed by atoms with Crippen LogP contribution in [0.25, 0.3) is 6.08 Å². The van der Waals surface area contributed by atoms with Crippen molar-refractivity contribution < 1.29 is 14.7 Å². The topological polar surface area (TPSA) is 66.4 Å². The maximum Gasteiger partial charge on any atom is 0.328 e. The van der Waals surface area contributed by atoms with E-state index in [1.165, 1.54) is 6.08 Å². The maximum absolute atomic E-state index is 11.7. The summed E-state index contributed by atoms with van der Waals surface area (Å²) in [7, 11) is 0. The van der Waals surface area contributed by atoms with Crippen LogP contribution >= 0.6 is 11.8 Å². The predicted octanol–water partition coefficient (Wildman–Crippen LogP) is 2.86. The predicted molar refractivity (Wildman–Crippen MR) is 79.3 cm³/mol. The zero-order chi connectivity index (χ0) is 14.3. The molecule has 0 aliphatic rings. The summed E-state index contributed by atoms with van der Waals surface area (Å²) in [6.45, 7) is 4.07. The minimum absolute atomic E-state index is 0.0573. The molecule has 0 atom stereocenters. The zero-order valence-electron chi connectivity index (χ0n) is 10.9. The standard InChI is InChI=1S/C14H17NO3S/c1-10(2)19-9-13(16)15-12-5-3-4-11(8-12)6-7-14(17)18/h3-8,10H,9H2,1-2H3,(H,15,16)(H,17,18)/b7-6+. The van der Waals surface area contributed by atoms with Gasteiger partial charge >= 0.3 is 5.97 Å². The molecule has 0 fully saturated rings. The number of nitrogens with one attached hydrogen (secondary N) is 1. The Hall–Kier alpha value is -1.75. The first-order valence-corrected chi connectivity index (χ1v) is 6.95. The Labute approximate surface area is 116 Å². The summed E-state index contributed by atoms with van der Waals surface area (Å²) in [5, 5.41) is 11.7. The lowest BCUT2D eigenvalue weighted by Crippen LogP contribution is -2.15. The highest BCUT2D eigenvalue weighted by atomic mass is 32.2. The molecule has 102 valence electrons. The van der Waals surface area contributed by atoms with Crippen molar-refractivity contribution in [1.29, 1.82) is 0 Å². The second-order valence-electron chi connectivity index (χ2n) is 4.20. The Bertz CT molecular complexity index is 483. The molecule has 0 spiro atoms.